The van der Waals surface area contributed by atoms with Gasteiger partial charge in [-0.1, -0.05) is 0 Å². The molecular formula is C11H16N2O4. The van der Waals surface area contributed by atoms with Crippen LogP contribution < -0.4 is 24.8 Å². The number of nitrogens with zero attached hydrogens (tertiary/aromatic N) is 1. The Bertz CT molecular complexity index is 395. The van der Waals surface area contributed by atoms with Crippen LogP contribution in [-0.2, 0) is 0 Å². The van der Waals surface area contributed by atoms with Crippen LogP contribution in [0.5, 0.6) is 17.2 Å². The summed E-state index contributed by atoms with van der Waals surface area (Å²) in [4.78, 5) is 12.4. The van der Waals surface area contributed by atoms with Gasteiger partial charge < -0.3 is 19.9 Å². The van der Waals surface area contributed by atoms with Crippen molar-refractivity contribution in [3.63, 3.8) is 0 Å². The molecule has 0 spiro atoms. The molecule has 0 saturated carbocycles. The Morgan fingerprint density at radius 3 is 1.88 bits per heavy atom. The van der Waals surface area contributed by atoms with Crippen molar-refractivity contribution in [2.75, 3.05) is 33.3 Å². The van der Waals surface area contributed by atoms with Crippen molar-refractivity contribution in [1.82, 2.24) is 0 Å². The minimum Gasteiger partial charge on any atom is -0.493 e. The zero-order chi connectivity index (χ0) is 13.0. The maximum atomic E-state index is 11.1. The molecule has 0 aromatic heterocycles. The number of hydrogen-bond acceptors (Lipinski definition) is 4. The molecule has 0 fully saturated rings. The van der Waals surface area contributed by atoms with Gasteiger partial charge >= 0.3 is 6.03 Å². The van der Waals surface area contributed by atoms with E-state index in [4.69, 9.17) is 19.9 Å². The van der Waals surface area contributed by atoms with Crippen LogP contribution in [0.15, 0.2) is 12.1 Å². The zero-order valence-electron chi connectivity index (χ0n) is 10.3. The molecule has 6 heteroatoms. The maximum Gasteiger partial charge on any atom is 0.318 e. The summed E-state index contributed by atoms with van der Waals surface area (Å²) in [7, 11) is 6.08. The normalized spacial score (nSPS) is 9.65. The van der Waals surface area contributed by atoms with E-state index >= 15 is 0 Å². The van der Waals surface area contributed by atoms with Gasteiger partial charge in [0.05, 0.1) is 27.0 Å². The van der Waals surface area contributed by atoms with Crippen LogP contribution in [0.25, 0.3) is 0 Å². The van der Waals surface area contributed by atoms with Gasteiger partial charge in [-0.3, -0.25) is 4.90 Å². The average Bonchev–Trinajstić information content (AvgIpc) is 2.35. The van der Waals surface area contributed by atoms with Crippen LogP contribution in [0.1, 0.15) is 0 Å². The highest BCUT2D eigenvalue weighted by Crippen LogP contribution is 2.40. The molecule has 1 aromatic rings. The summed E-state index contributed by atoms with van der Waals surface area (Å²) in [6.07, 6.45) is 0. The second-order valence-electron chi connectivity index (χ2n) is 3.28. The molecular weight excluding hydrogens is 224 g/mol. The van der Waals surface area contributed by atoms with Gasteiger partial charge in [-0.05, 0) is 0 Å². The summed E-state index contributed by atoms with van der Waals surface area (Å²) < 4.78 is 15.5. The number of primary amides is 1. The summed E-state index contributed by atoms with van der Waals surface area (Å²) >= 11 is 0. The third-order valence-corrected chi connectivity index (χ3v) is 2.37. The van der Waals surface area contributed by atoms with Gasteiger partial charge in [-0.25, -0.2) is 4.79 Å². The lowest BCUT2D eigenvalue weighted by molar-refractivity contribution is 0.255. The average molecular weight is 240 g/mol. The highest BCUT2D eigenvalue weighted by molar-refractivity contribution is 5.91. The minimum absolute atomic E-state index is 0.468. The summed E-state index contributed by atoms with van der Waals surface area (Å²) in [5, 5.41) is 0. The van der Waals surface area contributed by atoms with Crippen LogP contribution in [0, 0.1) is 0 Å². The first-order valence-electron chi connectivity index (χ1n) is 4.88. The number of amides is 2. The number of carbonyl (C=O) groups is 1. The monoisotopic (exact) mass is 240 g/mol. The number of rotatable bonds is 4. The second kappa shape index (κ2) is 5.29. The lowest BCUT2D eigenvalue weighted by atomic mass is 10.2. The molecule has 0 bridgehead atoms. The van der Waals surface area contributed by atoms with Crippen LogP contribution >= 0.6 is 0 Å². The van der Waals surface area contributed by atoms with E-state index in [1.54, 1.807) is 19.2 Å². The van der Waals surface area contributed by atoms with Crippen LogP contribution in [0.4, 0.5) is 10.5 Å². The number of urea groups is 1. The van der Waals surface area contributed by atoms with Crippen molar-refractivity contribution in [1.29, 1.82) is 0 Å². The first kappa shape index (κ1) is 13.0. The number of methoxy groups -OCH3 is 3. The van der Waals surface area contributed by atoms with Gasteiger partial charge in [0.25, 0.3) is 0 Å². The first-order valence-corrected chi connectivity index (χ1v) is 4.88. The smallest absolute Gasteiger partial charge is 0.318 e. The standard InChI is InChI=1S/C11H16N2O4/c1-13(11(12)14)7-5-8(15-2)10(17-4)9(6-7)16-3/h5-6H,1-4H3,(H2,12,14). The van der Waals surface area contributed by atoms with Gasteiger partial charge in [-0.15, -0.1) is 0 Å². The van der Waals surface area contributed by atoms with Gasteiger partial charge in [0.1, 0.15) is 0 Å². The van der Waals surface area contributed by atoms with Crippen molar-refractivity contribution < 1.29 is 19.0 Å². The highest BCUT2D eigenvalue weighted by Gasteiger charge is 2.16. The Morgan fingerprint density at radius 1 is 1.12 bits per heavy atom. The summed E-state index contributed by atoms with van der Waals surface area (Å²) in [5.74, 6) is 1.40. The summed E-state index contributed by atoms with van der Waals surface area (Å²) in [5.41, 5.74) is 5.76. The number of nitrogens with two attached hydrogens (primary N) is 1. The SMILES string of the molecule is COc1cc(N(C)C(N)=O)cc(OC)c1OC. The quantitative estimate of drug-likeness (QED) is 0.858. The fourth-order valence-corrected chi connectivity index (χ4v) is 1.39. The van der Waals surface area contributed by atoms with E-state index in [1.165, 1.54) is 26.2 Å². The van der Waals surface area contributed by atoms with E-state index in [-0.39, 0.29) is 0 Å². The first-order chi connectivity index (χ1) is 8.04. The van der Waals surface area contributed by atoms with E-state index in [1.807, 2.05) is 0 Å². The molecule has 2 N–H and O–H groups in total. The highest BCUT2D eigenvalue weighted by atomic mass is 16.5. The summed E-state index contributed by atoms with van der Waals surface area (Å²) in [6, 6.07) is 2.72. The predicted molar refractivity (Wildman–Crippen MR) is 64.1 cm³/mol. The minimum atomic E-state index is -0.570. The third kappa shape index (κ3) is 2.52. The molecule has 2 amide bonds. The molecule has 0 aliphatic heterocycles. The van der Waals surface area contributed by atoms with E-state index < -0.39 is 6.03 Å². The molecule has 1 rings (SSSR count). The van der Waals surface area contributed by atoms with E-state index in [2.05, 4.69) is 0 Å². The van der Waals surface area contributed by atoms with E-state index in [0.29, 0.717) is 22.9 Å². The maximum absolute atomic E-state index is 11.1. The molecule has 94 valence electrons. The lowest BCUT2D eigenvalue weighted by Gasteiger charge is -2.18. The molecule has 6 nitrogen and oxygen atoms in total. The van der Waals surface area contributed by atoms with E-state index in [9.17, 15) is 4.79 Å². The van der Waals surface area contributed by atoms with Crippen molar-refractivity contribution in [3.05, 3.63) is 12.1 Å². The zero-order valence-corrected chi connectivity index (χ0v) is 10.3. The van der Waals surface area contributed by atoms with Gasteiger partial charge in [0, 0.05) is 19.2 Å². The second-order valence-corrected chi connectivity index (χ2v) is 3.28. The lowest BCUT2D eigenvalue weighted by Crippen LogP contribution is -2.31. The predicted octanol–water partition coefficient (Wildman–Crippen LogP) is 1.23. The van der Waals surface area contributed by atoms with Crippen molar-refractivity contribution in [3.8, 4) is 17.2 Å². The van der Waals surface area contributed by atoms with Crippen molar-refractivity contribution in [2.45, 2.75) is 0 Å². The van der Waals surface area contributed by atoms with Gasteiger partial charge in [0.2, 0.25) is 5.75 Å². The Hall–Kier alpha value is -2.11. The number of benzene rings is 1. The Balaban J connectivity index is 3.31. The molecule has 0 saturated heterocycles. The topological polar surface area (TPSA) is 74.0 Å². The van der Waals surface area contributed by atoms with Crippen LogP contribution in [0.2, 0.25) is 0 Å². The Morgan fingerprint density at radius 2 is 1.59 bits per heavy atom. The molecule has 0 heterocycles. The largest absolute Gasteiger partial charge is 0.493 e. The number of hydrogen-bond donors (Lipinski definition) is 1. The number of anilines is 1. The summed E-state index contributed by atoms with van der Waals surface area (Å²) in [6.45, 7) is 0. The van der Waals surface area contributed by atoms with Crippen molar-refractivity contribution in [2.24, 2.45) is 5.73 Å². The molecule has 0 aliphatic rings. The molecule has 0 aliphatic carbocycles. The fourth-order valence-electron chi connectivity index (χ4n) is 1.39. The third-order valence-electron chi connectivity index (χ3n) is 2.37. The Kier molecular flexibility index (Phi) is 4.03. The Labute approximate surface area is 99.9 Å². The molecule has 0 unspecified atom stereocenters. The fraction of sp³-hybridized carbons (Fsp3) is 0.364. The molecule has 17 heavy (non-hydrogen) atoms. The van der Waals surface area contributed by atoms with Crippen molar-refractivity contribution >= 4 is 11.7 Å². The number of carbonyl (C=O) groups excluding carboxylic acids is 1. The molecule has 0 radical (unpaired) electrons. The van der Waals surface area contributed by atoms with Crippen LogP contribution in [-0.4, -0.2) is 34.4 Å². The molecule has 0 atom stereocenters. The molecule has 1 aromatic carbocycles. The van der Waals surface area contributed by atoms with Gasteiger partial charge in [0.15, 0.2) is 11.5 Å². The van der Waals surface area contributed by atoms with Crippen LogP contribution in [0.3, 0.4) is 0 Å². The van der Waals surface area contributed by atoms with Gasteiger partial charge in [-0.2, -0.15) is 0 Å². The van der Waals surface area contributed by atoms with E-state index in [0.717, 1.165) is 0 Å². The number of ether oxygens (including phenoxy) is 3.